The summed E-state index contributed by atoms with van der Waals surface area (Å²) >= 11 is 5.48. The number of thiol groups is 1. The van der Waals surface area contributed by atoms with E-state index in [0.717, 1.165) is 15.2 Å². The van der Waals surface area contributed by atoms with Gasteiger partial charge in [0.1, 0.15) is 0 Å². The normalized spacial score (nSPS) is 11.5. The van der Waals surface area contributed by atoms with Gasteiger partial charge < -0.3 is 0 Å². The summed E-state index contributed by atoms with van der Waals surface area (Å²) < 4.78 is 26.7. The Morgan fingerprint density at radius 3 is 2.71 bits per heavy atom. The van der Waals surface area contributed by atoms with Crippen LogP contribution in [0.25, 0.3) is 10.1 Å². The maximum atomic E-state index is 12.6. The van der Waals surface area contributed by atoms with Gasteiger partial charge in [-0.2, -0.15) is 0 Å². The van der Waals surface area contributed by atoms with Crippen molar-refractivity contribution in [3.63, 3.8) is 0 Å². The van der Waals surface area contributed by atoms with Crippen molar-refractivity contribution in [2.24, 2.45) is 0 Å². The molecule has 2 aromatic rings. The van der Waals surface area contributed by atoms with E-state index in [9.17, 15) is 8.78 Å². The van der Waals surface area contributed by atoms with Gasteiger partial charge in [0.15, 0.2) is 0 Å². The maximum Gasteiger partial charge on any atom is 0.265 e. The van der Waals surface area contributed by atoms with Gasteiger partial charge in [0.2, 0.25) is 0 Å². The number of aryl methyl sites for hydroxylation is 1. The number of benzene rings is 1. The van der Waals surface area contributed by atoms with Crippen LogP contribution in [0.5, 0.6) is 0 Å². The molecular formula is C10H8F2S2. The fourth-order valence-electron chi connectivity index (χ4n) is 1.44. The number of rotatable bonds is 1. The van der Waals surface area contributed by atoms with Crippen LogP contribution in [-0.2, 0) is 0 Å². The molecule has 14 heavy (non-hydrogen) atoms. The van der Waals surface area contributed by atoms with Gasteiger partial charge in [-0.3, -0.25) is 0 Å². The van der Waals surface area contributed by atoms with E-state index >= 15 is 0 Å². The van der Waals surface area contributed by atoms with Gasteiger partial charge in [-0.25, -0.2) is 8.78 Å². The molecular weight excluding hydrogens is 222 g/mol. The topological polar surface area (TPSA) is 0 Å². The summed E-state index contributed by atoms with van der Waals surface area (Å²) in [5.74, 6) is 0. The molecule has 4 heteroatoms. The largest absolute Gasteiger partial charge is 0.265 e. The highest BCUT2D eigenvalue weighted by molar-refractivity contribution is 7.83. The highest BCUT2D eigenvalue weighted by atomic mass is 32.2. The quantitative estimate of drug-likeness (QED) is 0.688. The van der Waals surface area contributed by atoms with Gasteiger partial charge in [-0.05, 0) is 23.9 Å². The molecule has 0 atom stereocenters. The van der Waals surface area contributed by atoms with E-state index in [4.69, 9.17) is 0 Å². The van der Waals surface area contributed by atoms with E-state index in [1.54, 1.807) is 6.07 Å². The van der Waals surface area contributed by atoms with Crippen LogP contribution in [0.2, 0.25) is 0 Å². The van der Waals surface area contributed by atoms with Gasteiger partial charge in [-0.15, -0.1) is 24.0 Å². The summed E-state index contributed by atoms with van der Waals surface area (Å²) in [6.07, 6.45) is -2.41. The molecule has 0 aliphatic carbocycles. The molecule has 0 amide bonds. The Balaban J connectivity index is 2.81. The zero-order chi connectivity index (χ0) is 10.3. The molecule has 0 bridgehead atoms. The standard InChI is InChI=1S/C10H8F2S2/c1-5-2-3-6(10(11)12)9-7(5)4-8(13)14-9/h2-4,10,13H,1H3. The summed E-state index contributed by atoms with van der Waals surface area (Å²) in [5.41, 5.74) is 1.12. The van der Waals surface area contributed by atoms with Crippen molar-refractivity contribution in [1.82, 2.24) is 0 Å². The lowest BCUT2D eigenvalue weighted by Gasteiger charge is -2.02. The van der Waals surface area contributed by atoms with Gasteiger partial charge in [0.05, 0.1) is 4.21 Å². The van der Waals surface area contributed by atoms with Crippen LogP contribution >= 0.6 is 24.0 Å². The van der Waals surface area contributed by atoms with Crippen LogP contribution in [0, 0.1) is 6.92 Å². The Bertz CT molecular complexity index is 474. The fraction of sp³-hybridized carbons (Fsp3) is 0.200. The number of hydrogen-bond donors (Lipinski definition) is 1. The molecule has 0 saturated heterocycles. The Hall–Kier alpha value is -0.610. The Morgan fingerprint density at radius 2 is 2.07 bits per heavy atom. The average molecular weight is 230 g/mol. The van der Waals surface area contributed by atoms with Gasteiger partial charge in [0, 0.05) is 10.3 Å². The highest BCUT2D eigenvalue weighted by Crippen LogP contribution is 2.36. The van der Waals surface area contributed by atoms with Gasteiger partial charge >= 0.3 is 0 Å². The van der Waals surface area contributed by atoms with Crippen molar-refractivity contribution in [2.45, 2.75) is 17.6 Å². The minimum absolute atomic E-state index is 0.107. The van der Waals surface area contributed by atoms with E-state index in [1.807, 2.05) is 13.0 Å². The minimum Gasteiger partial charge on any atom is -0.205 e. The molecule has 0 aliphatic rings. The first kappa shape index (κ1) is 9.93. The lowest BCUT2D eigenvalue weighted by molar-refractivity contribution is 0.153. The number of thiophene rings is 1. The second kappa shape index (κ2) is 3.51. The second-order valence-corrected chi connectivity index (χ2v) is 4.94. The fourth-order valence-corrected chi connectivity index (χ4v) is 2.83. The van der Waals surface area contributed by atoms with Crippen LogP contribution in [0.3, 0.4) is 0 Å². The number of fused-ring (bicyclic) bond motifs is 1. The molecule has 0 unspecified atom stereocenters. The Kier molecular flexibility index (Phi) is 2.49. The smallest absolute Gasteiger partial charge is 0.205 e. The number of halogens is 2. The zero-order valence-electron chi connectivity index (χ0n) is 7.42. The lowest BCUT2D eigenvalue weighted by atomic mass is 10.1. The summed E-state index contributed by atoms with van der Waals surface area (Å²) in [7, 11) is 0. The van der Waals surface area contributed by atoms with Crippen molar-refractivity contribution in [1.29, 1.82) is 0 Å². The molecule has 1 heterocycles. The van der Waals surface area contributed by atoms with Crippen molar-refractivity contribution >= 4 is 34.1 Å². The molecule has 2 rings (SSSR count). The summed E-state index contributed by atoms with van der Waals surface area (Å²) in [6.45, 7) is 1.91. The van der Waals surface area contributed by atoms with E-state index in [0.29, 0.717) is 4.70 Å². The molecule has 0 saturated carbocycles. The highest BCUT2D eigenvalue weighted by Gasteiger charge is 2.14. The molecule has 0 fully saturated rings. The molecule has 0 aliphatic heterocycles. The predicted octanol–water partition coefficient (Wildman–Crippen LogP) is 4.44. The molecule has 0 spiro atoms. The molecule has 1 aromatic heterocycles. The van der Waals surface area contributed by atoms with Gasteiger partial charge in [0.25, 0.3) is 6.43 Å². The van der Waals surface area contributed by atoms with E-state index in [2.05, 4.69) is 12.6 Å². The van der Waals surface area contributed by atoms with Crippen molar-refractivity contribution < 1.29 is 8.78 Å². The van der Waals surface area contributed by atoms with Crippen LogP contribution < -0.4 is 0 Å². The van der Waals surface area contributed by atoms with Crippen LogP contribution in [-0.4, -0.2) is 0 Å². The maximum absolute atomic E-state index is 12.6. The lowest BCUT2D eigenvalue weighted by Crippen LogP contribution is -1.84. The average Bonchev–Trinajstić information content (AvgIpc) is 2.47. The number of hydrogen-bond acceptors (Lipinski definition) is 2. The molecule has 74 valence electrons. The van der Waals surface area contributed by atoms with Crippen LogP contribution in [0.1, 0.15) is 17.6 Å². The first-order valence-corrected chi connectivity index (χ1v) is 5.36. The SMILES string of the molecule is Cc1ccc(C(F)F)c2sc(S)cc12. The third-order valence-electron chi connectivity index (χ3n) is 2.15. The van der Waals surface area contributed by atoms with Gasteiger partial charge in [-0.1, -0.05) is 12.1 Å². The van der Waals surface area contributed by atoms with Crippen molar-refractivity contribution in [3.8, 4) is 0 Å². The minimum atomic E-state index is -2.41. The second-order valence-electron chi connectivity index (χ2n) is 3.10. The third kappa shape index (κ3) is 1.53. The van der Waals surface area contributed by atoms with Crippen LogP contribution in [0.4, 0.5) is 8.78 Å². The van der Waals surface area contributed by atoms with E-state index in [-0.39, 0.29) is 5.56 Å². The molecule has 0 nitrogen and oxygen atoms in total. The van der Waals surface area contributed by atoms with E-state index < -0.39 is 6.43 Å². The predicted molar refractivity (Wildman–Crippen MR) is 58.8 cm³/mol. The molecule has 0 N–H and O–H groups in total. The van der Waals surface area contributed by atoms with E-state index in [1.165, 1.54) is 17.4 Å². The summed E-state index contributed by atoms with van der Waals surface area (Å²) in [4.78, 5) is 0. The zero-order valence-corrected chi connectivity index (χ0v) is 9.13. The third-order valence-corrected chi connectivity index (χ3v) is 3.54. The summed E-state index contributed by atoms with van der Waals surface area (Å²) in [6, 6.07) is 5.06. The molecule has 1 aromatic carbocycles. The summed E-state index contributed by atoms with van der Waals surface area (Å²) in [5, 5.41) is 0.887. The van der Waals surface area contributed by atoms with Crippen LogP contribution in [0.15, 0.2) is 22.4 Å². The molecule has 0 radical (unpaired) electrons. The Morgan fingerprint density at radius 1 is 1.36 bits per heavy atom. The first-order chi connectivity index (χ1) is 6.59. The first-order valence-electron chi connectivity index (χ1n) is 4.09. The monoisotopic (exact) mass is 230 g/mol. The number of alkyl halides is 2. The van der Waals surface area contributed by atoms with Crippen molar-refractivity contribution in [3.05, 3.63) is 29.3 Å². The van der Waals surface area contributed by atoms with Crippen molar-refractivity contribution in [2.75, 3.05) is 0 Å². The Labute approximate surface area is 90.0 Å².